The van der Waals surface area contributed by atoms with Crippen LogP contribution < -0.4 is 21.2 Å². The molecule has 1 spiro atoms. The largest absolute Gasteiger partial charge is 0.451 e. The molecular weight excluding hydrogens is 614 g/mol. The summed E-state index contributed by atoms with van der Waals surface area (Å²) in [6.07, 6.45) is 4.27. The van der Waals surface area contributed by atoms with Gasteiger partial charge in [-0.15, -0.1) is 0 Å². The molecule has 0 saturated carbocycles. The van der Waals surface area contributed by atoms with Gasteiger partial charge in [0.2, 0.25) is 5.91 Å². The fourth-order valence-electron chi connectivity index (χ4n) is 6.35. The average molecular weight is 662 g/mol. The van der Waals surface area contributed by atoms with Crippen LogP contribution in [0.15, 0.2) is 36.4 Å². The van der Waals surface area contributed by atoms with Gasteiger partial charge in [-0.05, 0) is 62.3 Å². The number of aromatic nitrogens is 1. The number of carbonyl (C=O) groups excluding carboxylic acids is 5. The number of hydrogen-bond donors (Lipinski definition) is 3. The fraction of sp³-hybridized carbons (Fsp3) is 0.543. The number of benzene rings is 1. The lowest BCUT2D eigenvalue weighted by Gasteiger charge is -2.39. The number of amides is 4. The summed E-state index contributed by atoms with van der Waals surface area (Å²) in [7, 11) is 1.70. The zero-order valence-electron chi connectivity index (χ0n) is 28.6. The van der Waals surface area contributed by atoms with Gasteiger partial charge >= 0.3 is 5.97 Å². The molecule has 3 N–H and O–H groups in total. The number of hydrogen-bond acceptors (Lipinski definition) is 9. The lowest BCUT2D eigenvalue weighted by atomic mass is 9.77. The van der Waals surface area contributed by atoms with Crippen molar-refractivity contribution in [1.29, 1.82) is 0 Å². The normalized spacial score (nSPS) is 24.9. The summed E-state index contributed by atoms with van der Waals surface area (Å²) in [5.41, 5.74) is 6.27. The molecular formula is C35H47N7O6. The van der Waals surface area contributed by atoms with Gasteiger partial charge in [0.05, 0.1) is 10.9 Å². The van der Waals surface area contributed by atoms with Gasteiger partial charge in [-0.3, -0.25) is 39.4 Å². The van der Waals surface area contributed by atoms with Crippen molar-refractivity contribution >= 4 is 52.4 Å². The van der Waals surface area contributed by atoms with Crippen LogP contribution in [-0.4, -0.2) is 89.4 Å². The molecule has 0 unspecified atom stereocenters. The molecule has 2 aromatic rings. The molecule has 4 heterocycles. The standard InChI is InChI=1S/C35H47N7O6/c1-21(2)29-31(44)36-23(5)33(46)42-17-7-8-26(38-42)30(43)39-40(6)28-12-11-25-10-9-24(20-27(25)37-28)13-14-35(34(47)48-29)15-18-41(19-16-35)32(45)22(3)4/h9-14,20-23,26,29,38H,7-8,15-19H2,1-6H3,(H,36,44)(H,39,43)/b14-13+/t23-,26-,29-/m0/s1. The summed E-state index contributed by atoms with van der Waals surface area (Å²) in [5.74, 6) is -1.89. The quantitative estimate of drug-likeness (QED) is 0.412. The number of carbonyl (C=O) groups is 5. The summed E-state index contributed by atoms with van der Waals surface area (Å²) in [5, 5.41) is 6.53. The van der Waals surface area contributed by atoms with E-state index in [0.717, 1.165) is 10.9 Å². The van der Waals surface area contributed by atoms with E-state index in [2.05, 4.69) is 16.2 Å². The van der Waals surface area contributed by atoms with Crippen LogP contribution in [-0.2, 0) is 28.7 Å². The molecule has 3 aliphatic rings. The van der Waals surface area contributed by atoms with Crippen LogP contribution >= 0.6 is 0 Å². The number of piperidine rings is 1. The third-order valence-corrected chi connectivity index (χ3v) is 9.38. The van der Waals surface area contributed by atoms with Gasteiger partial charge < -0.3 is 15.0 Å². The predicted octanol–water partition coefficient (Wildman–Crippen LogP) is 2.56. The Bertz CT molecular complexity index is 1600. The molecule has 3 atom stereocenters. The second-order valence-corrected chi connectivity index (χ2v) is 13.7. The lowest BCUT2D eigenvalue weighted by Crippen LogP contribution is -2.62. The second-order valence-electron chi connectivity index (χ2n) is 13.7. The number of hydrazine groups is 2. The number of anilines is 1. The highest BCUT2D eigenvalue weighted by Crippen LogP contribution is 2.37. The molecule has 0 radical (unpaired) electrons. The van der Waals surface area contributed by atoms with E-state index in [0.29, 0.717) is 56.7 Å². The molecule has 1 aromatic heterocycles. The number of esters is 1. The van der Waals surface area contributed by atoms with Crippen LogP contribution in [0.25, 0.3) is 17.0 Å². The molecule has 258 valence electrons. The first-order chi connectivity index (χ1) is 22.8. The smallest absolute Gasteiger partial charge is 0.316 e. The van der Waals surface area contributed by atoms with E-state index in [1.165, 1.54) is 5.01 Å². The number of nitrogens with zero attached hydrogens (tertiary/aromatic N) is 4. The third-order valence-electron chi connectivity index (χ3n) is 9.38. The minimum atomic E-state index is -1.16. The maximum absolute atomic E-state index is 14.1. The summed E-state index contributed by atoms with van der Waals surface area (Å²) in [6.45, 7) is 9.92. The van der Waals surface area contributed by atoms with Crippen molar-refractivity contribution in [2.45, 2.75) is 78.5 Å². The third kappa shape index (κ3) is 7.46. The number of fused-ring (bicyclic) bond motifs is 4. The average Bonchev–Trinajstić information content (AvgIpc) is 3.08. The van der Waals surface area contributed by atoms with Crippen molar-refractivity contribution < 1.29 is 28.7 Å². The van der Waals surface area contributed by atoms with E-state index in [1.54, 1.807) is 37.7 Å². The number of rotatable bonds is 2. The lowest BCUT2D eigenvalue weighted by molar-refractivity contribution is -0.169. The van der Waals surface area contributed by atoms with Crippen LogP contribution in [0.1, 0.15) is 65.9 Å². The van der Waals surface area contributed by atoms with Crippen molar-refractivity contribution in [3.8, 4) is 0 Å². The molecule has 5 bridgehead atoms. The molecule has 2 saturated heterocycles. The zero-order chi connectivity index (χ0) is 34.7. The van der Waals surface area contributed by atoms with Crippen molar-refractivity contribution in [1.82, 2.24) is 31.1 Å². The number of nitrogens with one attached hydrogen (secondary N) is 3. The Morgan fingerprint density at radius 1 is 1.00 bits per heavy atom. The highest BCUT2D eigenvalue weighted by Gasteiger charge is 2.44. The van der Waals surface area contributed by atoms with Crippen LogP contribution in [0.3, 0.4) is 0 Å². The minimum absolute atomic E-state index is 0.0232. The first-order valence-electron chi connectivity index (χ1n) is 16.8. The summed E-state index contributed by atoms with van der Waals surface area (Å²) in [4.78, 5) is 73.7. The van der Waals surface area contributed by atoms with Crippen LogP contribution in [0.4, 0.5) is 5.82 Å². The highest BCUT2D eigenvalue weighted by molar-refractivity contribution is 5.92. The molecule has 13 nitrogen and oxygen atoms in total. The van der Waals surface area contributed by atoms with E-state index >= 15 is 0 Å². The Hall–Kier alpha value is -4.52. The van der Waals surface area contributed by atoms with Crippen molar-refractivity contribution in [2.75, 3.05) is 31.7 Å². The number of likely N-dealkylation sites (tertiary alicyclic amines) is 1. The predicted molar refractivity (Wildman–Crippen MR) is 181 cm³/mol. The number of cyclic esters (lactones) is 1. The molecule has 0 aliphatic carbocycles. The number of ether oxygens (including phenoxy) is 1. The molecule has 3 aliphatic heterocycles. The molecule has 1 aromatic carbocycles. The minimum Gasteiger partial charge on any atom is -0.451 e. The topological polar surface area (TPSA) is 153 Å². The molecule has 13 heteroatoms. The van der Waals surface area contributed by atoms with Gasteiger partial charge in [0.25, 0.3) is 17.7 Å². The Morgan fingerprint density at radius 3 is 2.40 bits per heavy atom. The molecule has 5 rings (SSSR count). The van der Waals surface area contributed by atoms with Crippen LogP contribution in [0.5, 0.6) is 0 Å². The van der Waals surface area contributed by atoms with Gasteiger partial charge in [-0.1, -0.05) is 52.0 Å². The summed E-state index contributed by atoms with van der Waals surface area (Å²) >= 11 is 0. The van der Waals surface area contributed by atoms with E-state index < -0.39 is 41.4 Å². The Labute approximate surface area is 281 Å². The summed E-state index contributed by atoms with van der Waals surface area (Å²) in [6, 6.07) is 7.87. The highest BCUT2D eigenvalue weighted by atomic mass is 16.5. The maximum Gasteiger partial charge on any atom is 0.316 e. The van der Waals surface area contributed by atoms with Gasteiger partial charge in [-0.2, -0.15) is 0 Å². The second kappa shape index (κ2) is 14.3. The monoisotopic (exact) mass is 661 g/mol. The Morgan fingerprint density at radius 2 is 1.71 bits per heavy atom. The molecule has 2 fully saturated rings. The fourth-order valence-corrected chi connectivity index (χ4v) is 6.35. The van der Waals surface area contributed by atoms with Gasteiger partial charge in [0.15, 0.2) is 6.10 Å². The van der Waals surface area contributed by atoms with Crippen LogP contribution in [0.2, 0.25) is 0 Å². The van der Waals surface area contributed by atoms with Crippen molar-refractivity contribution in [3.05, 3.63) is 42.0 Å². The first kappa shape index (κ1) is 34.8. The summed E-state index contributed by atoms with van der Waals surface area (Å²) < 4.78 is 6.01. The van der Waals surface area contributed by atoms with E-state index in [-0.39, 0.29) is 23.7 Å². The Kier molecular flexibility index (Phi) is 10.4. The van der Waals surface area contributed by atoms with Gasteiger partial charge in [0, 0.05) is 38.0 Å². The van der Waals surface area contributed by atoms with E-state index in [1.807, 2.05) is 56.3 Å². The maximum atomic E-state index is 14.1. The van der Waals surface area contributed by atoms with Crippen molar-refractivity contribution in [2.24, 2.45) is 17.3 Å². The molecule has 4 amide bonds. The first-order valence-corrected chi connectivity index (χ1v) is 16.8. The van der Waals surface area contributed by atoms with E-state index in [9.17, 15) is 24.0 Å². The van der Waals surface area contributed by atoms with Crippen LogP contribution in [0, 0.1) is 17.3 Å². The molecule has 48 heavy (non-hydrogen) atoms. The van der Waals surface area contributed by atoms with Gasteiger partial charge in [0.1, 0.15) is 17.9 Å². The van der Waals surface area contributed by atoms with Crippen molar-refractivity contribution in [3.63, 3.8) is 0 Å². The Balaban J connectivity index is 1.53. The SMILES string of the molecule is CC(C)C(=O)N1CCC2(/C=C/c3ccc4ccc(nc4c3)N(C)NC(=O)[C@@H]3CCCN(N3)C(=O)[C@H](C)NC(=O)[C@H](C(C)C)OC2=O)CC1. The number of pyridine rings is 1. The van der Waals surface area contributed by atoms with E-state index in [4.69, 9.17) is 9.72 Å². The zero-order valence-corrected chi connectivity index (χ0v) is 28.6. The van der Waals surface area contributed by atoms with Gasteiger partial charge in [-0.25, -0.2) is 10.4 Å².